The van der Waals surface area contributed by atoms with E-state index in [9.17, 15) is 4.79 Å². The first-order valence-corrected chi connectivity index (χ1v) is 6.56. The zero-order valence-electron chi connectivity index (χ0n) is 10.8. The van der Waals surface area contributed by atoms with Crippen LogP contribution in [0.25, 0.3) is 0 Å². The smallest absolute Gasteiger partial charge is 0.138 e. The molecular weight excluding hydrogens is 184 g/mol. The van der Waals surface area contributed by atoms with Crippen LogP contribution >= 0.6 is 0 Å². The van der Waals surface area contributed by atoms with Gasteiger partial charge in [0.05, 0.1) is 0 Å². The molecule has 0 amide bonds. The van der Waals surface area contributed by atoms with Crippen molar-refractivity contribution in [2.24, 2.45) is 23.7 Å². The summed E-state index contributed by atoms with van der Waals surface area (Å²) in [5.74, 6) is 2.66. The maximum Gasteiger partial charge on any atom is 0.138 e. The van der Waals surface area contributed by atoms with Crippen molar-refractivity contribution < 1.29 is 4.79 Å². The topological polar surface area (TPSA) is 17.1 Å². The Balaban J connectivity index is 2.34. The number of ketones is 1. The number of hydrogen-bond donors (Lipinski definition) is 0. The summed E-state index contributed by atoms with van der Waals surface area (Å²) in [7, 11) is 0. The van der Waals surface area contributed by atoms with Crippen LogP contribution in [0.15, 0.2) is 0 Å². The minimum atomic E-state index is 0.231. The lowest BCUT2D eigenvalue weighted by Crippen LogP contribution is -2.21. The molecule has 1 aliphatic rings. The SMILES string of the molecule is CC(C)CCC[C@H](C(=O)C(C)C)C1CC1. The predicted octanol–water partition coefficient (Wildman–Crippen LogP) is 4.06. The average molecular weight is 210 g/mol. The van der Waals surface area contributed by atoms with E-state index in [4.69, 9.17) is 0 Å². The van der Waals surface area contributed by atoms with Gasteiger partial charge in [0, 0.05) is 11.8 Å². The molecule has 1 heteroatoms. The van der Waals surface area contributed by atoms with Gasteiger partial charge in [-0.1, -0.05) is 40.5 Å². The predicted molar refractivity (Wildman–Crippen MR) is 64.7 cm³/mol. The highest BCUT2D eigenvalue weighted by Crippen LogP contribution is 2.41. The highest BCUT2D eigenvalue weighted by Gasteiger charge is 2.36. The summed E-state index contributed by atoms with van der Waals surface area (Å²) >= 11 is 0. The molecule has 0 radical (unpaired) electrons. The van der Waals surface area contributed by atoms with Gasteiger partial charge < -0.3 is 0 Å². The summed E-state index contributed by atoms with van der Waals surface area (Å²) < 4.78 is 0. The lowest BCUT2D eigenvalue weighted by atomic mass is 9.86. The van der Waals surface area contributed by atoms with Gasteiger partial charge in [0.15, 0.2) is 0 Å². The van der Waals surface area contributed by atoms with E-state index in [1.165, 1.54) is 25.7 Å². The van der Waals surface area contributed by atoms with E-state index >= 15 is 0 Å². The Bertz CT molecular complexity index is 201. The van der Waals surface area contributed by atoms with Gasteiger partial charge in [-0.3, -0.25) is 4.79 Å². The third-order valence-corrected chi connectivity index (χ3v) is 3.42. The first-order chi connectivity index (χ1) is 7.02. The van der Waals surface area contributed by atoms with Crippen molar-refractivity contribution in [3.05, 3.63) is 0 Å². The molecule has 0 bridgehead atoms. The van der Waals surface area contributed by atoms with Crippen LogP contribution < -0.4 is 0 Å². The number of carbonyl (C=O) groups excluding carboxylic acids is 1. The van der Waals surface area contributed by atoms with Gasteiger partial charge in [-0.2, -0.15) is 0 Å². The summed E-state index contributed by atoms with van der Waals surface area (Å²) in [5, 5.41) is 0. The monoisotopic (exact) mass is 210 g/mol. The van der Waals surface area contributed by atoms with E-state index in [1.807, 2.05) is 13.8 Å². The lowest BCUT2D eigenvalue weighted by molar-refractivity contribution is -0.126. The molecule has 1 fully saturated rings. The zero-order chi connectivity index (χ0) is 11.4. The number of Topliss-reactive ketones (excluding diaryl/α,β-unsaturated/α-hetero) is 1. The van der Waals surface area contributed by atoms with Crippen molar-refractivity contribution >= 4 is 5.78 Å². The molecule has 0 saturated heterocycles. The maximum absolute atomic E-state index is 12.0. The molecule has 0 N–H and O–H groups in total. The van der Waals surface area contributed by atoms with Gasteiger partial charge >= 0.3 is 0 Å². The molecule has 0 aromatic carbocycles. The third-order valence-electron chi connectivity index (χ3n) is 3.42. The van der Waals surface area contributed by atoms with Crippen molar-refractivity contribution in [1.29, 1.82) is 0 Å². The summed E-state index contributed by atoms with van der Waals surface area (Å²) in [4.78, 5) is 12.0. The van der Waals surface area contributed by atoms with Gasteiger partial charge in [-0.05, 0) is 31.1 Å². The second-order valence-electron chi connectivity index (χ2n) is 5.83. The highest BCUT2D eigenvalue weighted by molar-refractivity contribution is 5.83. The van der Waals surface area contributed by atoms with Crippen molar-refractivity contribution in [2.45, 2.75) is 59.8 Å². The van der Waals surface area contributed by atoms with Crippen molar-refractivity contribution in [1.82, 2.24) is 0 Å². The molecule has 0 heterocycles. The molecule has 0 spiro atoms. The number of rotatable bonds is 7. The standard InChI is InChI=1S/C14H26O/c1-10(2)6-5-7-13(12-8-9-12)14(15)11(3)4/h10-13H,5-9H2,1-4H3/t13-/m0/s1. The molecule has 15 heavy (non-hydrogen) atoms. The van der Waals surface area contributed by atoms with Crippen LogP contribution in [-0.4, -0.2) is 5.78 Å². The van der Waals surface area contributed by atoms with E-state index < -0.39 is 0 Å². The third kappa shape index (κ3) is 4.36. The zero-order valence-corrected chi connectivity index (χ0v) is 10.8. The Morgan fingerprint density at radius 3 is 2.13 bits per heavy atom. The molecule has 1 nitrogen and oxygen atoms in total. The Morgan fingerprint density at radius 1 is 1.13 bits per heavy atom. The molecular formula is C14H26O. The van der Waals surface area contributed by atoms with Crippen molar-refractivity contribution in [2.75, 3.05) is 0 Å². The van der Waals surface area contributed by atoms with E-state index in [-0.39, 0.29) is 5.92 Å². The molecule has 0 aliphatic heterocycles. The Hall–Kier alpha value is -0.330. The maximum atomic E-state index is 12.0. The van der Waals surface area contributed by atoms with E-state index in [0.29, 0.717) is 11.7 Å². The summed E-state index contributed by atoms with van der Waals surface area (Å²) in [5.41, 5.74) is 0. The minimum Gasteiger partial charge on any atom is -0.299 e. The van der Waals surface area contributed by atoms with Gasteiger partial charge in [-0.25, -0.2) is 0 Å². The second-order valence-corrected chi connectivity index (χ2v) is 5.83. The quantitative estimate of drug-likeness (QED) is 0.619. The van der Waals surface area contributed by atoms with Crippen LogP contribution in [0, 0.1) is 23.7 Å². The molecule has 1 atom stereocenters. The molecule has 88 valence electrons. The lowest BCUT2D eigenvalue weighted by Gasteiger charge is -2.17. The molecule has 1 rings (SSSR count). The number of carbonyl (C=O) groups is 1. The minimum absolute atomic E-state index is 0.231. The molecule has 1 saturated carbocycles. The first-order valence-electron chi connectivity index (χ1n) is 6.56. The van der Waals surface area contributed by atoms with Gasteiger partial charge in [0.25, 0.3) is 0 Å². The Kier molecular flexibility index (Phi) is 4.82. The van der Waals surface area contributed by atoms with E-state index in [2.05, 4.69) is 13.8 Å². The van der Waals surface area contributed by atoms with Crippen LogP contribution in [0.1, 0.15) is 59.8 Å². The fraction of sp³-hybridized carbons (Fsp3) is 0.929. The average Bonchev–Trinajstić information content (AvgIpc) is 2.94. The molecule has 1 aliphatic carbocycles. The second kappa shape index (κ2) is 5.67. The van der Waals surface area contributed by atoms with Gasteiger partial charge in [0.1, 0.15) is 5.78 Å². The van der Waals surface area contributed by atoms with Gasteiger partial charge in [0.2, 0.25) is 0 Å². The molecule has 0 aromatic rings. The van der Waals surface area contributed by atoms with Crippen molar-refractivity contribution in [3.8, 4) is 0 Å². The van der Waals surface area contributed by atoms with Crippen LogP contribution in [0.3, 0.4) is 0 Å². The van der Waals surface area contributed by atoms with E-state index in [1.54, 1.807) is 0 Å². The fourth-order valence-corrected chi connectivity index (χ4v) is 2.28. The Labute approximate surface area is 94.6 Å². The highest BCUT2D eigenvalue weighted by atomic mass is 16.1. The normalized spacial score (nSPS) is 18.5. The Morgan fingerprint density at radius 2 is 1.73 bits per heavy atom. The van der Waals surface area contributed by atoms with E-state index in [0.717, 1.165) is 18.3 Å². The van der Waals surface area contributed by atoms with Crippen LogP contribution in [0.4, 0.5) is 0 Å². The summed E-state index contributed by atoms with van der Waals surface area (Å²) in [6.07, 6.45) is 6.24. The van der Waals surface area contributed by atoms with Crippen LogP contribution in [0.5, 0.6) is 0 Å². The summed E-state index contributed by atoms with van der Waals surface area (Å²) in [6, 6.07) is 0. The molecule has 0 unspecified atom stereocenters. The largest absolute Gasteiger partial charge is 0.299 e. The van der Waals surface area contributed by atoms with Crippen LogP contribution in [-0.2, 0) is 4.79 Å². The van der Waals surface area contributed by atoms with Crippen molar-refractivity contribution in [3.63, 3.8) is 0 Å². The molecule has 0 aromatic heterocycles. The first kappa shape index (κ1) is 12.7. The van der Waals surface area contributed by atoms with Gasteiger partial charge in [-0.15, -0.1) is 0 Å². The number of hydrogen-bond acceptors (Lipinski definition) is 1. The fourth-order valence-electron chi connectivity index (χ4n) is 2.28. The summed E-state index contributed by atoms with van der Waals surface area (Å²) in [6.45, 7) is 8.60. The van der Waals surface area contributed by atoms with Crippen LogP contribution in [0.2, 0.25) is 0 Å².